The van der Waals surface area contributed by atoms with Crippen molar-refractivity contribution in [3.8, 4) is 0 Å². The molecule has 4 nitrogen and oxygen atoms in total. The molecule has 0 amide bonds. The van der Waals surface area contributed by atoms with E-state index in [1.807, 2.05) is 21.3 Å². The predicted octanol–water partition coefficient (Wildman–Crippen LogP) is 3.96. The van der Waals surface area contributed by atoms with Gasteiger partial charge in [-0.1, -0.05) is 44.0 Å². The van der Waals surface area contributed by atoms with E-state index in [4.69, 9.17) is 18.3 Å². The number of methoxy groups -OCH3 is 1. The van der Waals surface area contributed by atoms with E-state index in [0.29, 0.717) is 12.0 Å². The van der Waals surface area contributed by atoms with Crippen LogP contribution >= 0.6 is 0 Å². The van der Waals surface area contributed by atoms with Crippen LogP contribution in [0.25, 0.3) is 0 Å². The van der Waals surface area contributed by atoms with E-state index in [1.54, 1.807) is 0 Å². The van der Waals surface area contributed by atoms with E-state index < -0.39 is 8.56 Å². The van der Waals surface area contributed by atoms with Crippen LogP contribution in [0.1, 0.15) is 49.7 Å². The third-order valence-corrected chi connectivity index (χ3v) is 10.6. The molecule has 0 saturated carbocycles. The van der Waals surface area contributed by atoms with Crippen LogP contribution in [0, 0.1) is 0 Å². The molecule has 2 heterocycles. The van der Waals surface area contributed by atoms with Crippen LogP contribution in [-0.4, -0.2) is 47.8 Å². The predicted molar refractivity (Wildman–Crippen MR) is 101 cm³/mol. The lowest BCUT2D eigenvalue weighted by Crippen LogP contribution is -2.67. The van der Waals surface area contributed by atoms with Crippen molar-refractivity contribution in [3.05, 3.63) is 35.4 Å². The highest BCUT2D eigenvalue weighted by Gasteiger charge is 2.63. The summed E-state index contributed by atoms with van der Waals surface area (Å²) in [5.41, 5.74) is 2.79. The highest BCUT2D eigenvalue weighted by molar-refractivity contribution is 6.71. The van der Waals surface area contributed by atoms with Gasteiger partial charge in [0.1, 0.15) is 5.22 Å². The molecular formula is C20H32O4Si. The molecule has 0 spiro atoms. The summed E-state index contributed by atoms with van der Waals surface area (Å²) in [7, 11) is 2.99. The fourth-order valence-electron chi connectivity index (χ4n) is 4.92. The Morgan fingerprint density at radius 3 is 2.52 bits per heavy atom. The van der Waals surface area contributed by atoms with Crippen molar-refractivity contribution in [1.29, 1.82) is 0 Å². The standard InChI is InChI=1S/C20H32O4Si/c1-5-12-20(21-2)19(11-8-13-25(20,22-3)23-4)18-10-7-6-9-16(18)14-17-15-24-17/h6-7,9-10,17,19H,5,8,11-15H2,1-4H3. The molecular weight excluding hydrogens is 332 g/mol. The second-order valence-corrected chi connectivity index (χ2v) is 11.0. The zero-order valence-electron chi connectivity index (χ0n) is 16.0. The Bertz CT molecular complexity index is 571. The third kappa shape index (κ3) is 3.33. The Morgan fingerprint density at radius 2 is 1.92 bits per heavy atom. The molecule has 2 aliphatic heterocycles. The maximum Gasteiger partial charge on any atom is 0.371 e. The summed E-state index contributed by atoms with van der Waals surface area (Å²) in [6.45, 7) is 3.11. The fourth-order valence-corrected chi connectivity index (χ4v) is 9.05. The first-order valence-electron chi connectivity index (χ1n) is 9.51. The van der Waals surface area contributed by atoms with Gasteiger partial charge in [0.15, 0.2) is 0 Å². The Morgan fingerprint density at radius 1 is 1.20 bits per heavy atom. The van der Waals surface area contributed by atoms with Crippen LogP contribution in [0.4, 0.5) is 0 Å². The van der Waals surface area contributed by atoms with E-state index in [0.717, 1.165) is 44.8 Å². The molecule has 2 saturated heterocycles. The maximum absolute atomic E-state index is 6.34. The number of benzene rings is 1. The number of hydrogen-bond donors (Lipinski definition) is 0. The van der Waals surface area contributed by atoms with Gasteiger partial charge in [0, 0.05) is 33.7 Å². The fraction of sp³-hybridized carbons (Fsp3) is 0.700. The van der Waals surface area contributed by atoms with Crippen molar-refractivity contribution in [2.24, 2.45) is 0 Å². The highest BCUT2D eigenvalue weighted by atomic mass is 28.4. The van der Waals surface area contributed by atoms with Gasteiger partial charge in [0.2, 0.25) is 0 Å². The lowest BCUT2D eigenvalue weighted by Gasteiger charge is -2.53. The highest BCUT2D eigenvalue weighted by Crippen LogP contribution is 2.51. The summed E-state index contributed by atoms with van der Waals surface area (Å²) in [6.07, 6.45) is 5.66. The summed E-state index contributed by atoms with van der Waals surface area (Å²) in [4.78, 5) is 0. The summed E-state index contributed by atoms with van der Waals surface area (Å²) in [5, 5.41) is -0.343. The smallest absolute Gasteiger partial charge is 0.371 e. The molecule has 25 heavy (non-hydrogen) atoms. The second kappa shape index (κ2) is 7.88. The number of hydrogen-bond acceptors (Lipinski definition) is 4. The lowest BCUT2D eigenvalue weighted by atomic mass is 9.82. The van der Waals surface area contributed by atoms with Crippen LogP contribution in [0.2, 0.25) is 6.04 Å². The van der Waals surface area contributed by atoms with Crippen LogP contribution in [0.5, 0.6) is 0 Å². The van der Waals surface area contributed by atoms with Crippen molar-refractivity contribution < 1.29 is 18.3 Å². The van der Waals surface area contributed by atoms with Gasteiger partial charge in [-0.25, -0.2) is 0 Å². The van der Waals surface area contributed by atoms with E-state index in [-0.39, 0.29) is 5.22 Å². The Kier molecular flexibility index (Phi) is 6.01. The topological polar surface area (TPSA) is 40.2 Å². The molecule has 3 atom stereocenters. The van der Waals surface area contributed by atoms with Crippen molar-refractivity contribution in [3.63, 3.8) is 0 Å². The Labute approximate surface area is 153 Å². The van der Waals surface area contributed by atoms with Gasteiger partial charge in [0.05, 0.1) is 12.7 Å². The monoisotopic (exact) mass is 364 g/mol. The number of rotatable bonds is 8. The molecule has 3 rings (SSSR count). The molecule has 0 bridgehead atoms. The first-order chi connectivity index (χ1) is 12.2. The first-order valence-corrected chi connectivity index (χ1v) is 11.5. The van der Waals surface area contributed by atoms with Gasteiger partial charge < -0.3 is 18.3 Å². The zero-order chi connectivity index (χ0) is 17.9. The molecule has 0 aromatic heterocycles. The molecule has 0 radical (unpaired) electrons. The van der Waals surface area contributed by atoms with Gasteiger partial charge in [-0.05, 0) is 30.0 Å². The Hall–Kier alpha value is -0.723. The van der Waals surface area contributed by atoms with Gasteiger partial charge in [-0.2, -0.15) is 0 Å². The number of ether oxygens (including phenoxy) is 2. The van der Waals surface area contributed by atoms with Crippen molar-refractivity contribution >= 4 is 8.56 Å². The molecule has 2 aliphatic rings. The van der Waals surface area contributed by atoms with E-state index >= 15 is 0 Å². The SMILES string of the molecule is CCCC1(OC)C(c2ccccc2CC2CO2)CCC[Si]1(OC)OC. The zero-order valence-corrected chi connectivity index (χ0v) is 17.0. The van der Waals surface area contributed by atoms with Crippen molar-refractivity contribution in [2.75, 3.05) is 27.9 Å². The molecule has 2 fully saturated rings. The molecule has 5 heteroatoms. The number of epoxide rings is 1. The molecule has 0 N–H and O–H groups in total. The van der Waals surface area contributed by atoms with E-state index in [1.165, 1.54) is 11.1 Å². The summed E-state index contributed by atoms with van der Waals surface area (Å²) >= 11 is 0. The minimum absolute atomic E-state index is 0.313. The van der Waals surface area contributed by atoms with E-state index in [9.17, 15) is 0 Å². The molecule has 140 valence electrons. The van der Waals surface area contributed by atoms with Crippen molar-refractivity contribution in [2.45, 2.75) is 62.3 Å². The summed E-state index contributed by atoms with van der Waals surface area (Å²) in [5.74, 6) is 0.313. The quantitative estimate of drug-likeness (QED) is 0.517. The second-order valence-electron chi connectivity index (χ2n) is 7.31. The van der Waals surface area contributed by atoms with Crippen LogP contribution in [0.15, 0.2) is 24.3 Å². The Balaban J connectivity index is 2.06. The summed E-state index contributed by atoms with van der Waals surface area (Å²) in [6, 6.07) is 9.81. The molecule has 0 aliphatic carbocycles. The molecule has 1 aromatic rings. The third-order valence-electron chi connectivity index (χ3n) is 6.13. The van der Waals surface area contributed by atoms with Crippen molar-refractivity contribution in [1.82, 2.24) is 0 Å². The summed E-state index contributed by atoms with van der Waals surface area (Å²) < 4.78 is 24.1. The average molecular weight is 365 g/mol. The normalized spacial score (nSPS) is 31.0. The minimum Gasteiger partial charge on any atom is -0.396 e. The van der Waals surface area contributed by atoms with Gasteiger partial charge >= 0.3 is 8.56 Å². The molecule has 3 unspecified atom stereocenters. The van der Waals surface area contributed by atoms with Gasteiger partial charge in [-0.3, -0.25) is 0 Å². The van der Waals surface area contributed by atoms with Crippen LogP contribution < -0.4 is 0 Å². The first kappa shape index (κ1) is 19.0. The largest absolute Gasteiger partial charge is 0.396 e. The lowest BCUT2D eigenvalue weighted by molar-refractivity contribution is -0.0304. The van der Waals surface area contributed by atoms with Crippen LogP contribution in [-0.2, 0) is 24.7 Å². The average Bonchev–Trinajstić information content (AvgIpc) is 3.46. The van der Waals surface area contributed by atoms with Crippen LogP contribution in [0.3, 0.4) is 0 Å². The maximum atomic E-state index is 6.34. The minimum atomic E-state index is -2.48. The molecule has 1 aromatic carbocycles. The van der Waals surface area contributed by atoms with Gasteiger partial charge in [0.25, 0.3) is 0 Å². The van der Waals surface area contributed by atoms with Gasteiger partial charge in [-0.15, -0.1) is 0 Å². The van der Waals surface area contributed by atoms with E-state index in [2.05, 4.69) is 31.2 Å².